The summed E-state index contributed by atoms with van der Waals surface area (Å²) in [4.78, 5) is 4.48. The molecule has 0 unspecified atom stereocenters. The number of hydrogen-bond donors (Lipinski definition) is 2. The first-order valence-electron chi connectivity index (χ1n) is 7.32. The number of aryl methyl sites for hydroxylation is 1. The van der Waals surface area contributed by atoms with Crippen LogP contribution in [-0.2, 0) is 13.6 Å². The molecule has 2 rings (SSSR count). The highest BCUT2D eigenvalue weighted by molar-refractivity contribution is 5.79. The van der Waals surface area contributed by atoms with E-state index >= 15 is 0 Å². The third-order valence-corrected chi connectivity index (χ3v) is 2.93. The van der Waals surface area contributed by atoms with Crippen molar-refractivity contribution in [3.05, 3.63) is 42.5 Å². The molecule has 0 fully saturated rings. The Kier molecular flexibility index (Phi) is 6.22. The largest absolute Gasteiger partial charge is 0.492 e. The van der Waals surface area contributed by atoms with Gasteiger partial charge in [0, 0.05) is 13.6 Å². The molecule has 1 heterocycles. The van der Waals surface area contributed by atoms with Crippen molar-refractivity contribution >= 4 is 5.96 Å². The summed E-state index contributed by atoms with van der Waals surface area (Å²) in [6.07, 6.45) is 1.67. The predicted molar refractivity (Wildman–Crippen MR) is 85.8 cm³/mol. The first kappa shape index (κ1) is 15.8. The van der Waals surface area contributed by atoms with Gasteiger partial charge >= 0.3 is 0 Å². The molecule has 1 aromatic carbocycles. The van der Waals surface area contributed by atoms with Crippen LogP contribution in [0.2, 0.25) is 0 Å². The summed E-state index contributed by atoms with van der Waals surface area (Å²) in [5.74, 6) is 2.42. The molecule has 2 N–H and O–H groups in total. The number of hydrogen-bond acceptors (Lipinski definition) is 4. The molecule has 0 aliphatic rings. The van der Waals surface area contributed by atoms with Crippen molar-refractivity contribution < 1.29 is 4.74 Å². The Labute approximate surface area is 130 Å². The first-order valence-corrected chi connectivity index (χ1v) is 7.32. The Morgan fingerprint density at radius 1 is 1.27 bits per heavy atom. The number of rotatable bonds is 7. The first-order chi connectivity index (χ1) is 10.8. The van der Waals surface area contributed by atoms with Gasteiger partial charge in [0.2, 0.25) is 0 Å². The monoisotopic (exact) mass is 302 g/mol. The summed E-state index contributed by atoms with van der Waals surface area (Å²) in [5, 5.41) is 14.3. The third-order valence-electron chi connectivity index (χ3n) is 2.93. The molecule has 0 amide bonds. The maximum Gasteiger partial charge on any atom is 0.191 e. The van der Waals surface area contributed by atoms with Crippen molar-refractivity contribution in [2.24, 2.45) is 12.0 Å². The van der Waals surface area contributed by atoms with Crippen LogP contribution in [-0.4, -0.2) is 40.4 Å². The molecule has 0 atom stereocenters. The molecule has 118 valence electrons. The van der Waals surface area contributed by atoms with Gasteiger partial charge < -0.3 is 19.9 Å². The van der Waals surface area contributed by atoms with Crippen molar-refractivity contribution in [2.45, 2.75) is 13.5 Å². The molecular formula is C15H22N6O. The topological polar surface area (TPSA) is 76.4 Å². The molecule has 0 spiro atoms. The lowest BCUT2D eigenvalue weighted by molar-refractivity contribution is 0.322. The minimum Gasteiger partial charge on any atom is -0.492 e. The molecule has 0 bridgehead atoms. The number of benzene rings is 1. The maximum absolute atomic E-state index is 5.63. The molecule has 0 aliphatic heterocycles. The average Bonchev–Trinajstić information content (AvgIpc) is 2.95. The minimum absolute atomic E-state index is 0.478. The maximum atomic E-state index is 5.63. The lowest BCUT2D eigenvalue weighted by Gasteiger charge is -2.12. The van der Waals surface area contributed by atoms with Gasteiger partial charge in [0.1, 0.15) is 25.2 Å². The number of aliphatic imine (C=N–C) groups is 1. The number of ether oxygens (including phenoxy) is 1. The fourth-order valence-corrected chi connectivity index (χ4v) is 1.80. The van der Waals surface area contributed by atoms with Crippen LogP contribution in [0.15, 0.2) is 41.7 Å². The zero-order valence-corrected chi connectivity index (χ0v) is 13.0. The van der Waals surface area contributed by atoms with Crippen LogP contribution in [0.1, 0.15) is 12.7 Å². The van der Waals surface area contributed by atoms with E-state index in [1.807, 2.05) is 48.9 Å². The van der Waals surface area contributed by atoms with Crippen LogP contribution in [0.5, 0.6) is 5.75 Å². The highest BCUT2D eigenvalue weighted by Crippen LogP contribution is 2.07. The van der Waals surface area contributed by atoms with E-state index in [1.165, 1.54) is 0 Å². The van der Waals surface area contributed by atoms with E-state index in [9.17, 15) is 0 Å². The van der Waals surface area contributed by atoms with Gasteiger partial charge in [-0.3, -0.25) is 0 Å². The van der Waals surface area contributed by atoms with Crippen molar-refractivity contribution in [2.75, 3.05) is 19.7 Å². The van der Waals surface area contributed by atoms with Gasteiger partial charge in [-0.1, -0.05) is 18.2 Å². The van der Waals surface area contributed by atoms with E-state index in [-0.39, 0.29) is 0 Å². The Morgan fingerprint density at radius 3 is 2.77 bits per heavy atom. The molecule has 2 aromatic rings. The number of para-hydroxylation sites is 1. The summed E-state index contributed by atoms with van der Waals surface area (Å²) < 4.78 is 7.49. The zero-order valence-electron chi connectivity index (χ0n) is 13.0. The van der Waals surface area contributed by atoms with E-state index < -0.39 is 0 Å². The molecule has 1 aromatic heterocycles. The molecule has 0 radical (unpaired) electrons. The Bertz CT molecular complexity index is 581. The van der Waals surface area contributed by atoms with Crippen molar-refractivity contribution in [1.82, 2.24) is 25.4 Å². The van der Waals surface area contributed by atoms with Crippen molar-refractivity contribution in [3.8, 4) is 5.75 Å². The van der Waals surface area contributed by atoms with Crippen LogP contribution in [0.4, 0.5) is 0 Å². The second-order valence-electron chi connectivity index (χ2n) is 4.64. The molecule has 0 saturated heterocycles. The summed E-state index contributed by atoms with van der Waals surface area (Å²) in [5.41, 5.74) is 0. The van der Waals surface area contributed by atoms with E-state index in [0.717, 1.165) is 24.1 Å². The van der Waals surface area contributed by atoms with E-state index in [0.29, 0.717) is 19.7 Å². The molecule has 7 nitrogen and oxygen atoms in total. The van der Waals surface area contributed by atoms with Crippen LogP contribution in [0, 0.1) is 0 Å². The summed E-state index contributed by atoms with van der Waals surface area (Å²) in [7, 11) is 1.90. The Balaban J connectivity index is 1.77. The number of guanidine groups is 1. The van der Waals surface area contributed by atoms with Crippen LogP contribution >= 0.6 is 0 Å². The standard InChI is InChI=1S/C15H22N6O/c1-3-16-15(18-11-14-20-19-12-21(14)2)17-9-10-22-13-7-5-4-6-8-13/h4-8,12H,3,9-11H2,1-2H3,(H2,16,17,18). The van der Waals surface area contributed by atoms with E-state index in [4.69, 9.17) is 4.74 Å². The summed E-state index contributed by atoms with van der Waals surface area (Å²) in [6.45, 7) is 4.54. The van der Waals surface area contributed by atoms with E-state index in [2.05, 4.69) is 25.8 Å². The minimum atomic E-state index is 0.478. The lowest BCUT2D eigenvalue weighted by atomic mass is 10.3. The fraction of sp³-hybridized carbons (Fsp3) is 0.400. The number of aromatic nitrogens is 3. The summed E-state index contributed by atoms with van der Waals surface area (Å²) >= 11 is 0. The van der Waals surface area contributed by atoms with Crippen LogP contribution < -0.4 is 15.4 Å². The molecule has 7 heteroatoms. The second-order valence-corrected chi connectivity index (χ2v) is 4.64. The number of nitrogens with zero attached hydrogens (tertiary/aromatic N) is 4. The second kappa shape index (κ2) is 8.66. The van der Waals surface area contributed by atoms with Gasteiger partial charge in [-0.05, 0) is 19.1 Å². The van der Waals surface area contributed by atoms with Gasteiger partial charge in [-0.2, -0.15) is 0 Å². The van der Waals surface area contributed by atoms with Crippen LogP contribution in [0.3, 0.4) is 0 Å². The van der Waals surface area contributed by atoms with Crippen molar-refractivity contribution in [3.63, 3.8) is 0 Å². The zero-order chi connectivity index (χ0) is 15.6. The quantitative estimate of drug-likeness (QED) is 0.452. The fourth-order valence-electron chi connectivity index (χ4n) is 1.80. The van der Waals surface area contributed by atoms with Crippen molar-refractivity contribution in [1.29, 1.82) is 0 Å². The molecule has 0 aliphatic carbocycles. The Hall–Kier alpha value is -2.57. The smallest absolute Gasteiger partial charge is 0.191 e. The lowest BCUT2D eigenvalue weighted by Crippen LogP contribution is -2.39. The molecule has 22 heavy (non-hydrogen) atoms. The van der Waals surface area contributed by atoms with Gasteiger partial charge in [-0.25, -0.2) is 4.99 Å². The van der Waals surface area contributed by atoms with Gasteiger partial charge in [0.15, 0.2) is 11.8 Å². The average molecular weight is 302 g/mol. The normalized spacial score (nSPS) is 11.3. The highest BCUT2D eigenvalue weighted by atomic mass is 16.5. The van der Waals surface area contributed by atoms with E-state index in [1.54, 1.807) is 6.33 Å². The molecule has 0 saturated carbocycles. The highest BCUT2D eigenvalue weighted by Gasteiger charge is 2.01. The number of nitrogens with one attached hydrogen (secondary N) is 2. The van der Waals surface area contributed by atoms with Crippen LogP contribution in [0.25, 0.3) is 0 Å². The summed E-state index contributed by atoms with van der Waals surface area (Å²) in [6, 6.07) is 9.75. The predicted octanol–water partition coefficient (Wildman–Crippen LogP) is 0.949. The Morgan fingerprint density at radius 2 is 2.09 bits per heavy atom. The van der Waals surface area contributed by atoms with Gasteiger partial charge in [-0.15, -0.1) is 10.2 Å². The third kappa shape index (κ3) is 5.08. The molecular weight excluding hydrogens is 280 g/mol. The SMILES string of the molecule is CCNC(=NCc1nncn1C)NCCOc1ccccc1. The van der Waals surface area contributed by atoms with Gasteiger partial charge in [0.05, 0.1) is 6.54 Å². The van der Waals surface area contributed by atoms with Gasteiger partial charge in [0.25, 0.3) is 0 Å².